The molecule has 1 heterocycles. The van der Waals surface area contributed by atoms with E-state index in [1.807, 2.05) is 6.92 Å². The maximum Gasteiger partial charge on any atom is 0.261 e. The van der Waals surface area contributed by atoms with Crippen LogP contribution < -0.4 is 10.0 Å². The van der Waals surface area contributed by atoms with Gasteiger partial charge in [0.15, 0.2) is 0 Å². The molecule has 0 saturated carbocycles. The van der Waals surface area contributed by atoms with Crippen molar-refractivity contribution in [3.63, 3.8) is 0 Å². The van der Waals surface area contributed by atoms with Crippen LogP contribution in [0.15, 0.2) is 53.4 Å². The predicted octanol–water partition coefficient (Wildman–Crippen LogP) is 3.74. The number of hydrogen-bond donors (Lipinski definition) is 2. The molecule has 9 heteroatoms. The van der Waals surface area contributed by atoms with Gasteiger partial charge in [0.2, 0.25) is 0 Å². The molecule has 146 valence electrons. The summed E-state index contributed by atoms with van der Waals surface area (Å²) in [6, 6.07) is 12.2. The summed E-state index contributed by atoms with van der Waals surface area (Å²) in [4.78, 5) is 12.5. The van der Waals surface area contributed by atoms with Crippen LogP contribution in [0.3, 0.4) is 0 Å². The summed E-state index contributed by atoms with van der Waals surface area (Å²) in [6.07, 6.45) is 0. The molecular weight excluding hydrogens is 400 g/mol. The molecule has 3 rings (SSSR count). The maximum absolute atomic E-state index is 12.5. The quantitative estimate of drug-likeness (QED) is 0.660. The fourth-order valence-electron chi connectivity index (χ4n) is 2.67. The summed E-state index contributed by atoms with van der Waals surface area (Å²) in [7, 11) is -2.03. The lowest BCUT2D eigenvalue weighted by Gasteiger charge is -2.10. The average molecular weight is 419 g/mol. The maximum atomic E-state index is 12.5. The Morgan fingerprint density at radius 3 is 2.29 bits per heavy atom. The minimum absolute atomic E-state index is 0.0257. The number of aromatic nitrogens is 2. The van der Waals surface area contributed by atoms with Gasteiger partial charge in [0.1, 0.15) is 0 Å². The fourth-order valence-corrected chi connectivity index (χ4v) is 3.99. The highest BCUT2D eigenvalue weighted by Crippen LogP contribution is 2.24. The molecule has 0 aliphatic heterocycles. The number of carbonyl (C=O) groups is 1. The van der Waals surface area contributed by atoms with E-state index >= 15 is 0 Å². The second-order valence-corrected chi connectivity index (χ2v) is 8.32. The fraction of sp³-hybridized carbons (Fsp3) is 0.158. The van der Waals surface area contributed by atoms with Crippen molar-refractivity contribution in [2.75, 3.05) is 10.0 Å². The van der Waals surface area contributed by atoms with Gasteiger partial charge in [0, 0.05) is 12.6 Å². The summed E-state index contributed by atoms with van der Waals surface area (Å²) in [6.45, 7) is 3.66. The number of sulfonamides is 1. The van der Waals surface area contributed by atoms with Gasteiger partial charge in [0.05, 0.1) is 32.7 Å². The molecule has 0 radical (unpaired) electrons. The van der Waals surface area contributed by atoms with E-state index in [1.165, 1.54) is 24.3 Å². The van der Waals surface area contributed by atoms with E-state index in [4.69, 9.17) is 11.6 Å². The first kappa shape index (κ1) is 19.9. The largest absolute Gasteiger partial charge is 0.319 e. The standard InChI is InChI=1S/C19H19ClN4O3S/c1-12-18(13(2)24(3)22-12)21-19(25)14-8-10-15(11-9-14)28(26,27)23-17-7-5-4-6-16(17)20/h4-11,23H,1-3H3,(H,21,25). The summed E-state index contributed by atoms with van der Waals surface area (Å²) in [5.74, 6) is -0.345. The summed E-state index contributed by atoms with van der Waals surface area (Å²) in [5.41, 5.74) is 2.79. The molecule has 2 N–H and O–H groups in total. The lowest BCUT2D eigenvalue weighted by atomic mass is 10.2. The van der Waals surface area contributed by atoms with Gasteiger partial charge in [0.25, 0.3) is 15.9 Å². The topological polar surface area (TPSA) is 93.1 Å². The Kier molecular flexibility index (Phi) is 5.44. The van der Waals surface area contributed by atoms with Crippen molar-refractivity contribution in [2.24, 2.45) is 7.05 Å². The van der Waals surface area contributed by atoms with Crippen LogP contribution >= 0.6 is 11.6 Å². The van der Waals surface area contributed by atoms with Crippen molar-refractivity contribution in [3.05, 3.63) is 70.5 Å². The highest BCUT2D eigenvalue weighted by atomic mass is 35.5. The van der Waals surface area contributed by atoms with Crippen LogP contribution in [0.2, 0.25) is 5.02 Å². The highest BCUT2D eigenvalue weighted by Gasteiger charge is 2.18. The number of halogens is 1. The first-order chi connectivity index (χ1) is 13.2. The molecule has 1 aromatic heterocycles. The van der Waals surface area contributed by atoms with Crippen molar-refractivity contribution < 1.29 is 13.2 Å². The highest BCUT2D eigenvalue weighted by molar-refractivity contribution is 7.92. The van der Waals surface area contributed by atoms with E-state index in [0.717, 1.165) is 5.69 Å². The molecule has 3 aromatic rings. The van der Waals surface area contributed by atoms with Gasteiger partial charge in [-0.15, -0.1) is 0 Å². The Labute approximate surface area is 168 Å². The van der Waals surface area contributed by atoms with E-state index in [0.29, 0.717) is 22.0 Å². The van der Waals surface area contributed by atoms with Gasteiger partial charge < -0.3 is 5.32 Å². The zero-order valence-electron chi connectivity index (χ0n) is 15.5. The number of anilines is 2. The van der Waals surface area contributed by atoms with Crippen LogP contribution in [-0.2, 0) is 17.1 Å². The van der Waals surface area contributed by atoms with Crippen molar-refractivity contribution in [1.29, 1.82) is 0 Å². The molecule has 0 aliphatic rings. The molecule has 0 spiro atoms. The Balaban J connectivity index is 1.79. The Hall–Kier alpha value is -2.84. The summed E-state index contributed by atoms with van der Waals surface area (Å²) >= 11 is 6.00. The number of nitrogens with one attached hydrogen (secondary N) is 2. The van der Waals surface area contributed by atoms with Gasteiger partial charge in [-0.3, -0.25) is 14.2 Å². The third kappa shape index (κ3) is 4.02. The third-order valence-corrected chi connectivity index (χ3v) is 6.00. The second kappa shape index (κ2) is 7.65. The minimum atomic E-state index is -3.83. The van der Waals surface area contributed by atoms with E-state index < -0.39 is 10.0 Å². The lowest BCUT2D eigenvalue weighted by Crippen LogP contribution is -2.15. The van der Waals surface area contributed by atoms with E-state index in [9.17, 15) is 13.2 Å². The molecule has 0 saturated heterocycles. The molecule has 28 heavy (non-hydrogen) atoms. The smallest absolute Gasteiger partial charge is 0.261 e. The van der Waals surface area contributed by atoms with Gasteiger partial charge in [-0.2, -0.15) is 5.10 Å². The molecule has 0 unspecified atom stereocenters. The monoisotopic (exact) mass is 418 g/mol. The first-order valence-corrected chi connectivity index (χ1v) is 10.2. The van der Waals surface area contributed by atoms with Crippen molar-refractivity contribution >= 4 is 38.9 Å². The van der Waals surface area contributed by atoms with Crippen LogP contribution in [0.25, 0.3) is 0 Å². The molecule has 7 nitrogen and oxygen atoms in total. The zero-order valence-corrected chi connectivity index (χ0v) is 17.1. The lowest BCUT2D eigenvalue weighted by molar-refractivity contribution is 0.102. The summed E-state index contributed by atoms with van der Waals surface area (Å²) < 4.78 is 29.2. The van der Waals surface area contributed by atoms with E-state index in [2.05, 4.69) is 15.1 Å². The van der Waals surface area contributed by atoms with Gasteiger partial charge in [-0.1, -0.05) is 23.7 Å². The number of carbonyl (C=O) groups excluding carboxylic acids is 1. The van der Waals surface area contributed by atoms with Gasteiger partial charge in [-0.25, -0.2) is 8.42 Å². The van der Waals surface area contributed by atoms with Crippen LogP contribution in [0.4, 0.5) is 11.4 Å². The molecule has 1 amide bonds. The predicted molar refractivity (Wildman–Crippen MR) is 109 cm³/mol. The second-order valence-electron chi connectivity index (χ2n) is 6.23. The molecule has 0 fully saturated rings. The van der Waals surface area contributed by atoms with Crippen molar-refractivity contribution in [2.45, 2.75) is 18.7 Å². The van der Waals surface area contributed by atoms with Crippen LogP contribution in [-0.4, -0.2) is 24.1 Å². The first-order valence-electron chi connectivity index (χ1n) is 8.38. The molecular formula is C19H19ClN4O3S. The molecule has 0 bridgehead atoms. The SMILES string of the molecule is Cc1nn(C)c(C)c1NC(=O)c1ccc(S(=O)(=O)Nc2ccccc2Cl)cc1. The Bertz CT molecular complexity index is 1140. The van der Waals surface area contributed by atoms with Crippen LogP contribution in [0.1, 0.15) is 21.7 Å². The number of rotatable bonds is 5. The number of aryl methyl sites for hydroxylation is 2. The number of hydrogen-bond acceptors (Lipinski definition) is 4. The number of benzene rings is 2. The number of nitrogens with zero attached hydrogens (tertiary/aromatic N) is 2. The molecule has 2 aromatic carbocycles. The minimum Gasteiger partial charge on any atom is -0.319 e. The molecule has 0 atom stereocenters. The van der Waals surface area contributed by atoms with E-state index in [-0.39, 0.29) is 16.5 Å². The van der Waals surface area contributed by atoms with Crippen LogP contribution in [0, 0.1) is 13.8 Å². The number of para-hydroxylation sites is 1. The average Bonchev–Trinajstić information content (AvgIpc) is 2.89. The number of amides is 1. The van der Waals surface area contributed by atoms with Crippen molar-refractivity contribution in [1.82, 2.24) is 9.78 Å². The van der Waals surface area contributed by atoms with Crippen LogP contribution in [0.5, 0.6) is 0 Å². The normalized spacial score (nSPS) is 11.3. The van der Waals surface area contributed by atoms with Crippen molar-refractivity contribution in [3.8, 4) is 0 Å². The summed E-state index contributed by atoms with van der Waals surface area (Å²) in [5, 5.41) is 7.37. The van der Waals surface area contributed by atoms with Gasteiger partial charge >= 0.3 is 0 Å². The van der Waals surface area contributed by atoms with E-state index in [1.54, 1.807) is 42.9 Å². The Morgan fingerprint density at radius 2 is 1.71 bits per heavy atom. The molecule has 0 aliphatic carbocycles. The Morgan fingerprint density at radius 1 is 1.07 bits per heavy atom. The zero-order chi connectivity index (χ0) is 20.5. The van der Waals surface area contributed by atoms with Gasteiger partial charge in [-0.05, 0) is 50.2 Å². The third-order valence-electron chi connectivity index (χ3n) is 4.29.